The third-order valence-corrected chi connectivity index (χ3v) is 5.37. The molecule has 0 saturated carbocycles. The molecular weight excluding hydrogens is 417 g/mol. The Morgan fingerprint density at radius 3 is 2.47 bits per heavy atom. The van der Waals surface area contributed by atoms with E-state index >= 15 is 0 Å². The predicted molar refractivity (Wildman–Crippen MR) is 109 cm³/mol. The summed E-state index contributed by atoms with van der Waals surface area (Å²) in [6.07, 6.45) is -2.82. The normalized spacial score (nSPS) is 13.2. The number of hydrogen-bond donors (Lipinski definition) is 0. The number of alkyl halides is 3. The van der Waals surface area contributed by atoms with Crippen LogP contribution in [0.2, 0.25) is 0 Å². The monoisotopic (exact) mass is 444 g/mol. The second-order valence-electron chi connectivity index (χ2n) is 8.05. The van der Waals surface area contributed by atoms with Crippen molar-refractivity contribution < 1.29 is 22.8 Å². The first-order chi connectivity index (χ1) is 13.8. The van der Waals surface area contributed by atoms with Crippen molar-refractivity contribution in [3.8, 4) is 5.75 Å². The Kier molecular flexibility index (Phi) is 7.46. The number of carbonyl (C=O) groups is 1. The lowest BCUT2D eigenvalue weighted by Gasteiger charge is -2.15. The molecule has 0 fully saturated rings. The number of unbranched alkanes of at least 4 members (excludes halogenated alkanes) is 1. The van der Waals surface area contributed by atoms with Gasteiger partial charge in [0.1, 0.15) is 5.01 Å². The van der Waals surface area contributed by atoms with Crippen LogP contribution in [-0.2, 0) is 18.1 Å². The number of rotatable bonds is 6. The minimum atomic E-state index is -4.59. The third-order valence-electron chi connectivity index (χ3n) is 4.00. The molecule has 2 rings (SSSR count). The van der Waals surface area contributed by atoms with Gasteiger partial charge in [0, 0.05) is 26.1 Å². The van der Waals surface area contributed by atoms with Gasteiger partial charge in [0.15, 0.2) is 5.75 Å². The summed E-state index contributed by atoms with van der Waals surface area (Å²) in [6, 6.07) is 2.78. The Morgan fingerprint density at radius 1 is 1.27 bits per heavy atom. The Hall–Kier alpha value is -2.20. The first-order valence-corrected chi connectivity index (χ1v) is 10.4. The highest BCUT2D eigenvalue weighted by Crippen LogP contribution is 2.33. The molecule has 10 heteroatoms. The van der Waals surface area contributed by atoms with Crippen molar-refractivity contribution in [1.82, 2.24) is 14.8 Å². The highest BCUT2D eigenvalue weighted by atomic mass is 32.1. The molecule has 0 N–H and O–H groups in total. The van der Waals surface area contributed by atoms with Crippen molar-refractivity contribution in [2.75, 3.05) is 14.1 Å². The summed E-state index contributed by atoms with van der Waals surface area (Å²) in [6.45, 7) is 8.60. The smallest absolute Gasteiger partial charge is 0.406 e. The van der Waals surface area contributed by atoms with Gasteiger partial charge in [-0.25, -0.2) is 4.68 Å². The molecule has 0 aliphatic heterocycles. The summed E-state index contributed by atoms with van der Waals surface area (Å²) in [4.78, 5) is 22.8. The second-order valence-corrected chi connectivity index (χ2v) is 9.00. The molecule has 1 amide bonds. The van der Waals surface area contributed by atoms with Gasteiger partial charge < -0.3 is 4.84 Å². The molecule has 0 atom stereocenters. The lowest BCUT2D eigenvalue weighted by atomic mass is 9.98. The largest absolute Gasteiger partial charge is 0.416 e. The minimum Gasteiger partial charge on any atom is -0.406 e. The van der Waals surface area contributed by atoms with Crippen LogP contribution < -0.4 is 9.64 Å². The maximum absolute atomic E-state index is 13.2. The molecule has 1 heterocycles. The zero-order valence-electron chi connectivity index (χ0n) is 18.0. The minimum absolute atomic E-state index is 0.00224. The van der Waals surface area contributed by atoms with Crippen molar-refractivity contribution in [2.45, 2.75) is 58.7 Å². The third kappa shape index (κ3) is 6.15. The van der Waals surface area contributed by atoms with Gasteiger partial charge in [-0.05, 0) is 24.6 Å². The Balaban J connectivity index is 2.59. The van der Waals surface area contributed by atoms with Crippen molar-refractivity contribution in [1.29, 1.82) is 0 Å². The summed E-state index contributed by atoms with van der Waals surface area (Å²) < 4.78 is 41.2. The Bertz CT molecular complexity index is 956. The van der Waals surface area contributed by atoms with Gasteiger partial charge in [-0.3, -0.25) is 4.79 Å². The van der Waals surface area contributed by atoms with Gasteiger partial charge in [0.25, 0.3) is 5.91 Å². The van der Waals surface area contributed by atoms with E-state index in [2.05, 4.69) is 10.1 Å². The van der Waals surface area contributed by atoms with Crippen LogP contribution in [0.3, 0.4) is 0 Å². The van der Waals surface area contributed by atoms with Gasteiger partial charge in [-0.2, -0.15) is 28.3 Å². The molecule has 1 aromatic carbocycles. The van der Waals surface area contributed by atoms with Crippen LogP contribution in [-0.4, -0.2) is 34.8 Å². The van der Waals surface area contributed by atoms with Gasteiger partial charge >= 0.3 is 6.18 Å². The zero-order valence-corrected chi connectivity index (χ0v) is 18.8. The summed E-state index contributed by atoms with van der Waals surface area (Å²) in [5.74, 6) is -0.810. The van der Waals surface area contributed by atoms with Crippen molar-refractivity contribution in [2.24, 2.45) is 4.99 Å². The van der Waals surface area contributed by atoms with Gasteiger partial charge in [-0.15, -0.1) is 0 Å². The number of hydrogen-bond acceptors (Lipinski definition) is 5. The topological polar surface area (TPSA) is 59.7 Å². The molecule has 0 spiro atoms. The molecule has 6 nitrogen and oxygen atoms in total. The molecule has 1 aromatic heterocycles. The fourth-order valence-electron chi connectivity index (χ4n) is 2.45. The van der Waals surface area contributed by atoms with E-state index < -0.39 is 17.6 Å². The SMILES string of the molecule is CCCCn1nc(C(C)(C)C)sc1=NC(=O)c1cc(C(F)(F)F)ccc1ON(C)C. The lowest BCUT2D eigenvalue weighted by Crippen LogP contribution is -2.21. The summed E-state index contributed by atoms with van der Waals surface area (Å²) >= 11 is 1.26. The fourth-order valence-corrected chi connectivity index (χ4v) is 3.43. The van der Waals surface area contributed by atoms with E-state index in [1.54, 1.807) is 18.8 Å². The van der Waals surface area contributed by atoms with E-state index in [0.29, 0.717) is 11.3 Å². The molecular formula is C20H27F3N4O2S. The van der Waals surface area contributed by atoms with Crippen LogP contribution in [0.1, 0.15) is 61.5 Å². The highest BCUT2D eigenvalue weighted by molar-refractivity contribution is 7.09. The molecule has 2 aromatic rings. The number of nitrogens with zero attached hydrogens (tertiary/aromatic N) is 4. The van der Waals surface area contributed by atoms with Crippen LogP contribution >= 0.6 is 11.3 Å². The van der Waals surface area contributed by atoms with Crippen LogP contribution in [0.15, 0.2) is 23.2 Å². The van der Waals surface area contributed by atoms with Gasteiger partial charge in [0.2, 0.25) is 4.80 Å². The molecule has 0 aliphatic rings. The average Bonchev–Trinajstić information content (AvgIpc) is 3.01. The van der Waals surface area contributed by atoms with Crippen molar-refractivity contribution in [3.63, 3.8) is 0 Å². The molecule has 30 heavy (non-hydrogen) atoms. The number of halogens is 3. The first-order valence-electron chi connectivity index (χ1n) is 9.57. The molecule has 0 radical (unpaired) electrons. The highest BCUT2D eigenvalue weighted by Gasteiger charge is 2.32. The Morgan fingerprint density at radius 2 is 1.93 bits per heavy atom. The zero-order chi connectivity index (χ0) is 22.7. The number of hydroxylamine groups is 2. The summed E-state index contributed by atoms with van der Waals surface area (Å²) in [5.41, 5.74) is -1.44. The molecule has 0 unspecified atom stereocenters. The maximum Gasteiger partial charge on any atom is 0.416 e. The van der Waals surface area contributed by atoms with Crippen LogP contribution in [0.4, 0.5) is 13.2 Å². The van der Waals surface area contributed by atoms with Crippen LogP contribution in [0.5, 0.6) is 5.75 Å². The van der Waals surface area contributed by atoms with E-state index in [0.717, 1.165) is 36.0 Å². The first kappa shape index (κ1) is 24.1. The van der Waals surface area contributed by atoms with Gasteiger partial charge in [-0.1, -0.05) is 45.5 Å². The molecule has 166 valence electrons. The fraction of sp³-hybridized carbons (Fsp3) is 0.550. The van der Waals surface area contributed by atoms with E-state index in [1.807, 2.05) is 27.7 Å². The molecule has 0 aliphatic carbocycles. The molecule has 0 bridgehead atoms. The second kappa shape index (κ2) is 9.30. The van der Waals surface area contributed by atoms with Crippen molar-refractivity contribution >= 4 is 17.2 Å². The van der Waals surface area contributed by atoms with Crippen molar-refractivity contribution in [3.05, 3.63) is 39.1 Å². The van der Waals surface area contributed by atoms with E-state index in [-0.39, 0.29) is 16.7 Å². The number of aromatic nitrogens is 2. The number of benzene rings is 1. The van der Waals surface area contributed by atoms with Gasteiger partial charge in [0.05, 0.1) is 11.1 Å². The van der Waals surface area contributed by atoms with Crippen LogP contribution in [0.25, 0.3) is 0 Å². The van der Waals surface area contributed by atoms with E-state index in [1.165, 1.54) is 16.4 Å². The summed E-state index contributed by atoms with van der Waals surface area (Å²) in [5, 5.41) is 6.65. The number of amides is 1. The average molecular weight is 445 g/mol. The number of carbonyl (C=O) groups excluding carboxylic acids is 1. The van der Waals surface area contributed by atoms with Crippen LogP contribution in [0, 0.1) is 0 Å². The number of aryl methyl sites for hydroxylation is 1. The standard InChI is InChI=1S/C20H27F3N4O2S/c1-7-8-11-27-18(30-17(25-27)19(2,3)4)24-16(28)14-12-13(20(21,22)23)9-10-15(14)29-26(5)6/h9-10,12H,7-8,11H2,1-6H3. The molecule has 0 saturated heterocycles. The maximum atomic E-state index is 13.2. The summed E-state index contributed by atoms with van der Waals surface area (Å²) in [7, 11) is 3.14. The van der Waals surface area contributed by atoms with E-state index in [9.17, 15) is 18.0 Å². The lowest BCUT2D eigenvalue weighted by molar-refractivity contribution is -0.137. The predicted octanol–water partition coefficient (Wildman–Crippen LogP) is 4.66. The quantitative estimate of drug-likeness (QED) is 0.608. The Labute approximate surface area is 178 Å². The van der Waals surface area contributed by atoms with E-state index in [4.69, 9.17) is 4.84 Å².